The summed E-state index contributed by atoms with van der Waals surface area (Å²) in [4.78, 5) is 0. The maximum absolute atomic E-state index is 10.2. The molecule has 0 spiro atoms. The van der Waals surface area contributed by atoms with Gasteiger partial charge >= 0.3 is 9.33 Å². The molecule has 0 saturated carbocycles. The maximum Gasteiger partial charge on any atom is 0.355 e. The van der Waals surface area contributed by atoms with Crippen LogP contribution in [0.5, 0.6) is 0 Å². The van der Waals surface area contributed by atoms with E-state index in [4.69, 9.17) is 10.7 Å². The van der Waals surface area contributed by atoms with Crippen molar-refractivity contribution in [3.8, 4) is 0 Å². The second-order valence-corrected chi connectivity index (χ2v) is 4.91. The van der Waals surface area contributed by atoms with Crippen molar-refractivity contribution in [3.05, 3.63) is 0 Å². The van der Waals surface area contributed by atoms with Crippen LogP contribution in [0.1, 0.15) is 26.7 Å². The Morgan fingerprint density at radius 3 is 2.36 bits per heavy atom. The molecule has 0 aliphatic rings. The van der Waals surface area contributed by atoms with Gasteiger partial charge in [0.1, 0.15) is 0 Å². The molecule has 11 heavy (non-hydrogen) atoms. The normalized spacial score (nSPS) is 12.4. The van der Waals surface area contributed by atoms with Crippen molar-refractivity contribution in [1.29, 1.82) is 0 Å². The minimum atomic E-state index is -3.75. The van der Waals surface area contributed by atoms with E-state index in [2.05, 4.69) is 18.0 Å². The van der Waals surface area contributed by atoms with Crippen LogP contribution < -0.4 is 0 Å². The maximum atomic E-state index is 10.2. The average molecular weight is 201 g/mol. The Balaban J connectivity index is 3.30. The molecule has 0 rings (SSSR count). The van der Waals surface area contributed by atoms with Gasteiger partial charge < -0.3 is 0 Å². The van der Waals surface area contributed by atoms with Crippen molar-refractivity contribution < 1.29 is 12.6 Å². The van der Waals surface area contributed by atoms with Crippen LogP contribution in [-0.2, 0) is 13.5 Å². The van der Waals surface area contributed by atoms with Crippen LogP contribution in [0, 0.1) is 5.92 Å². The highest BCUT2D eigenvalue weighted by atomic mass is 35.7. The van der Waals surface area contributed by atoms with Crippen LogP contribution in [-0.4, -0.2) is 15.0 Å². The van der Waals surface area contributed by atoms with Gasteiger partial charge in [-0.15, -0.1) is 0 Å². The molecule has 0 unspecified atom stereocenters. The van der Waals surface area contributed by atoms with Crippen LogP contribution in [0.4, 0.5) is 0 Å². The van der Waals surface area contributed by atoms with Crippen molar-refractivity contribution in [1.82, 2.24) is 0 Å². The minimum Gasteiger partial charge on any atom is -0.258 e. The summed E-state index contributed by atoms with van der Waals surface area (Å²) in [6, 6.07) is 0. The second-order valence-electron chi connectivity index (χ2n) is 2.75. The van der Waals surface area contributed by atoms with E-state index >= 15 is 0 Å². The molecule has 0 saturated heterocycles. The van der Waals surface area contributed by atoms with Gasteiger partial charge in [-0.3, -0.25) is 4.18 Å². The molecule has 0 aliphatic heterocycles. The zero-order chi connectivity index (χ0) is 8.91. The van der Waals surface area contributed by atoms with Crippen LogP contribution in [0.2, 0.25) is 0 Å². The number of halogens is 1. The fraction of sp³-hybridized carbons (Fsp3) is 1.00. The molecule has 0 amide bonds. The van der Waals surface area contributed by atoms with Gasteiger partial charge in [0.2, 0.25) is 0 Å². The lowest BCUT2D eigenvalue weighted by atomic mass is 10.1. The van der Waals surface area contributed by atoms with Crippen LogP contribution >= 0.6 is 10.7 Å². The molecule has 0 aromatic rings. The van der Waals surface area contributed by atoms with E-state index in [9.17, 15) is 8.42 Å². The van der Waals surface area contributed by atoms with Crippen molar-refractivity contribution in [2.75, 3.05) is 6.61 Å². The molecule has 0 radical (unpaired) electrons. The fourth-order valence-corrected chi connectivity index (χ4v) is 1.16. The SMILES string of the molecule is CC(C)CCCOS(=O)(=O)Cl. The monoisotopic (exact) mass is 200 g/mol. The fourth-order valence-electron chi connectivity index (χ4n) is 0.650. The van der Waals surface area contributed by atoms with E-state index in [-0.39, 0.29) is 6.61 Å². The third-order valence-electron chi connectivity index (χ3n) is 1.15. The van der Waals surface area contributed by atoms with Crippen molar-refractivity contribution in [2.24, 2.45) is 5.92 Å². The van der Waals surface area contributed by atoms with E-state index < -0.39 is 9.33 Å². The Hall–Kier alpha value is 0.200. The third kappa shape index (κ3) is 10.2. The van der Waals surface area contributed by atoms with Gasteiger partial charge in [0.05, 0.1) is 6.61 Å². The Morgan fingerprint density at radius 2 is 2.00 bits per heavy atom. The van der Waals surface area contributed by atoms with E-state index in [1.807, 2.05) is 0 Å². The Bertz CT molecular complexity index is 186. The molecule has 0 N–H and O–H groups in total. The van der Waals surface area contributed by atoms with Gasteiger partial charge in [0.15, 0.2) is 0 Å². The summed E-state index contributed by atoms with van der Waals surface area (Å²) in [5.41, 5.74) is 0. The zero-order valence-electron chi connectivity index (χ0n) is 6.71. The first-order valence-electron chi connectivity index (χ1n) is 3.51. The first-order chi connectivity index (χ1) is 4.92. The minimum absolute atomic E-state index is 0.185. The van der Waals surface area contributed by atoms with Crippen molar-refractivity contribution in [3.63, 3.8) is 0 Å². The Morgan fingerprint density at radius 1 is 1.45 bits per heavy atom. The molecule has 0 aromatic carbocycles. The van der Waals surface area contributed by atoms with Gasteiger partial charge in [-0.2, -0.15) is 8.42 Å². The van der Waals surface area contributed by atoms with Crippen LogP contribution in [0.3, 0.4) is 0 Å². The average Bonchev–Trinajstić information content (AvgIpc) is 1.78. The zero-order valence-corrected chi connectivity index (χ0v) is 8.28. The van der Waals surface area contributed by atoms with Crippen LogP contribution in [0.25, 0.3) is 0 Å². The lowest BCUT2D eigenvalue weighted by molar-refractivity contribution is 0.308. The Kier molecular flexibility index (Phi) is 5.04. The molecule has 0 fully saturated rings. The molecule has 0 aliphatic carbocycles. The van der Waals surface area contributed by atoms with E-state index in [0.29, 0.717) is 5.92 Å². The van der Waals surface area contributed by atoms with E-state index in [1.54, 1.807) is 0 Å². The molecule has 3 nitrogen and oxygen atoms in total. The summed E-state index contributed by atoms with van der Waals surface area (Å²) >= 11 is 0. The topological polar surface area (TPSA) is 43.4 Å². The van der Waals surface area contributed by atoms with Crippen molar-refractivity contribution in [2.45, 2.75) is 26.7 Å². The summed E-state index contributed by atoms with van der Waals surface area (Å²) in [7, 11) is 1.05. The van der Waals surface area contributed by atoms with E-state index in [1.165, 1.54) is 0 Å². The highest BCUT2D eigenvalue weighted by Crippen LogP contribution is 2.06. The highest BCUT2D eigenvalue weighted by Gasteiger charge is 2.03. The number of hydrogen-bond acceptors (Lipinski definition) is 3. The van der Waals surface area contributed by atoms with Gasteiger partial charge in [0, 0.05) is 10.7 Å². The summed E-state index contributed by atoms with van der Waals surface area (Å²) in [5.74, 6) is 0.566. The summed E-state index contributed by atoms with van der Waals surface area (Å²) in [5, 5.41) is 0. The molecule has 68 valence electrons. The summed E-state index contributed by atoms with van der Waals surface area (Å²) in [6.45, 7) is 4.31. The van der Waals surface area contributed by atoms with Crippen molar-refractivity contribution >= 4 is 20.0 Å². The number of rotatable bonds is 5. The first kappa shape index (κ1) is 11.2. The lowest BCUT2D eigenvalue weighted by Gasteiger charge is -2.02. The first-order valence-corrected chi connectivity index (χ1v) is 5.74. The molecule has 0 bridgehead atoms. The van der Waals surface area contributed by atoms with Gasteiger partial charge in [-0.05, 0) is 18.8 Å². The predicted molar refractivity (Wildman–Crippen MR) is 44.8 cm³/mol. The largest absolute Gasteiger partial charge is 0.355 e. The Labute approximate surface area is 72.3 Å². The third-order valence-corrected chi connectivity index (χ3v) is 1.87. The summed E-state index contributed by atoms with van der Waals surface area (Å²) < 4.78 is 24.8. The van der Waals surface area contributed by atoms with Gasteiger partial charge in [-0.25, -0.2) is 0 Å². The second kappa shape index (κ2) is 4.95. The predicted octanol–water partition coefficient (Wildman–Crippen LogP) is 1.92. The molecule has 0 aromatic heterocycles. The summed E-state index contributed by atoms with van der Waals surface area (Å²) in [6.07, 6.45) is 1.68. The lowest BCUT2D eigenvalue weighted by Crippen LogP contribution is -2.00. The number of hydrogen-bond donors (Lipinski definition) is 0. The van der Waals surface area contributed by atoms with Gasteiger partial charge in [-0.1, -0.05) is 13.8 Å². The molecular formula is C6H13ClO3S. The molecule has 0 heterocycles. The molecule has 0 atom stereocenters. The highest BCUT2D eigenvalue weighted by molar-refractivity contribution is 8.09. The smallest absolute Gasteiger partial charge is 0.258 e. The molecule has 5 heteroatoms. The quantitative estimate of drug-likeness (QED) is 0.503. The van der Waals surface area contributed by atoms with Gasteiger partial charge in [0.25, 0.3) is 0 Å². The standard InChI is InChI=1S/C6H13ClO3S/c1-6(2)4-3-5-10-11(7,8)9/h6H,3-5H2,1-2H3. The van der Waals surface area contributed by atoms with E-state index in [0.717, 1.165) is 12.8 Å². The molecular weight excluding hydrogens is 188 g/mol. The van der Waals surface area contributed by atoms with Crippen LogP contribution in [0.15, 0.2) is 0 Å².